The summed E-state index contributed by atoms with van der Waals surface area (Å²) < 4.78 is 29.3. The van der Waals surface area contributed by atoms with Crippen LogP contribution >= 0.6 is 0 Å². The number of sulfonamides is 1. The van der Waals surface area contributed by atoms with E-state index in [1.54, 1.807) is 0 Å². The number of nitrogens with one attached hydrogen (secondary N) is 3. The number of hydrogen-bond donors (Lipinski definition) is 3. The monoisotopic (exact) mass is 293 g/mol. The third-order valence-corrected chi connectivity index (χ3v) is 3.59. The van der Waals surface area contributed by atoms with Crippen molar-refractivity contribution in [2.75, 3.05) is 39.1 Å². The lowest BCUT2D eigenvalue weighted by molar-refractivity contribution is -0.125. The van der Waals surface area contributed by atoms with Crippen LogP contribution in [0.2, 0.25) is 0 Å². The molecule has 112 valence electrons. The van der Waals surface area contributed by atoms with Crippen molar-refractivity contribution in [1.82, 2.24) is 15.4 Å². The second-order valence-corrected chi connectivity index (χ2v) is 6.50. The minimum Gasteiger partial charge on any atom is -0.379 e. The van der Waals surface area contributed by atoms with E-state index in [9.17, 15) is 13.2 Å². The third-order valence-electron chi connectivity index (χ3n) is 2.86. The molecule has 0 radical (unpaired) electrons. The van der Waals surface area contributed by atoms with Gasteiger partial charge in [-0.05, 0) is 13.0 Å². The molecule has 0 saturated carbocycles. The Morgan fingerprint density at radius 2 is 2.00 bits per heavy atom. The molecule has 8 heteroatoms. The first-order valence-corrected chi connectivity index (χ1v) is 8.36. The quantitative estimate of drug-likeness (QED) is 0.482. The van der Waals surface area contributed by atoms with Gasteiger partial charge in [-0.15, -0.1) is 0 Å². The van der Waals surface area contributed by atoms with Crippen molar-refractivity contribution in [2.45, 2.75) is 19.4 Å². The van der Waals surface area contributed by atoms with Crippen molar-refractivity contribution in [3.63, 3.8) is 0 Å². The molecule has 1 rings (SSSR count). The molecule has 0 bridgehead atoms. The largest absolute Gasteiger partial charge is 0.379 e. The van der Waals surface area contributed by atoms with Crippen LogP contribution in [0.4, 0.5) is 0 Å². The average molecular weight is 293 g/mol. The number of rotatable bonds is 8. The van der Waals surface area contributed by atoms with Gasteiger partial charge in [-0.2, -0.15) is 0 Å². The van der Waals surface area contributed by atoms with Crippen molar-refractivity contribution in [3.8, 4) is 0 Å². The molecule has 19 heavy (non-hydrogen) atoms. The van der Waals surface area contributed by atoms with Gasteiger partial charge in [0.05, 0.1) is 25.4 Å². The lowest BCUT2D eigenvalue weighted by atomic mass is 10.0. The van der Waals surface area contributed by atoms with Crippen LogP contribution in [0.1, 0.15) is 13.3 Å². The minimum atomic E-state index is -3.20. The summed E-state index contributed by atoms with van der Waals surface area (Å²) >= 11 is 0. The van der Waals surface area contributed by atoms with Crippen LogP contribution in [0.5, 0.6) is 0 Å². The zero-order valence-corrected chi connectivity index (χ0v) is 12.3. The maximum absolute atomic E-state index is 11.9. The first kappa shape index (κ1) is 16.4. The van der Waals surface area contributed by atoms with Gasteiger partial charge >= 0.3 is 0 Å². The summed E-state index contributed by atoms with van der Waals surface area (Å²) in [4.78, 5) is 11.9. The topological polar surface area (TPSA) is 96.5 Å². The number of amides is 1. The van der Waals surface area contributed by atoms with Gasteiger partial charge in [0.2, 0.25) is 15.9 Å². The Kier molecular flexibility index (Phi) is 6.70. The van der Waals surface area contributed by atoms with Gasteiger partial charge in [0.25, 0.3) is 0 Å². The SMILES string of the molecule is CCCNC1COCC1C(=O)NCCNS(C)(=O)=O. The molecule has 2 unspecified atom stereocenters. The Morgan fingerprint density at radius 1 is 1.26 bits per heavy atom. The van der Waals surface area contributed by atoms with Crippen LogP contribution in [0, 0.1) is 5.92 Å². The first-order valence-electron chi connectivity index (χ1n) is 6.47. The Hall–Kier alpha value is -0.700. The van der Waals surface area contributed by atoms with Crippen molar-refractivity contribution in [1.29, 1.82) is 0 Å². The summed E-state index contributed by atoms with van der Waals surface area (Å²) in [6, 6.07) is 0.0443. The predicted octanol–water partition coefficient (Wildman–Crippen LogP) is -1.33. The smallest absolute Gasteiger partial charge is 0.227 e. The molecule has 1 fully saturated rings. The molecule has 0 spiro atoms. The molecule has 1 aliphatic heterocycles. The Balaban J connectivity index is 2.28. The van der Waals surface area contributed by atoms with E-state index in [0.717, 1.165) is 19.2 Å². The molecule has 1 saturated heterocycles. The Bertz CT molecular complexity index is 385. The molecule has 0 aromatic heterocycles. The fraction of sp³-hybridized carbons (Fsp3) is 0.909. The van der Waals surface area contributed by atoms with Crippen LogP contribution < -0.4 is 15.4 Å². The van der Waals surface area contributed by atoms with Gasteiger partial charge in [-0.1, -0.05) is 6.92 Å². The fourth-order valence-corrected chi connectivity index (χ4v) is 2.37. The van der Waals surface area contributed by atoms with Crippen LogP contribution in [0.3, 0.4) is 0 Å². The molecule has 0 aromatic rings. The Morgan fingerprint density at radius 3 is 2.63 bits per heavy atom. The average Bonchev–Trinajstić information content (AvgIpc) is 2.79. The molecule has 1 heterocycles. The van der Waals surface area contributed by atoms with Crippen LogP contribution in [-0.2, 0) is 19.6 Å². The predicted molar refractivity (Wildman–Crippen MR) is 72.2 cm³/mol. The summed E-state index contributed by atoms with van der Waals surface area (Å²) in [7, 11) is -3.20. The van der Waals surface area contributed by atoms with Crippen molar-refractivity contribution < 1.29 is 17.9 Å². The van der Waals surface area contributed by atoms with Crippen LogP contribution in [0.15, 0.2) is 0 Å². The van der Waals surface area contributed by atoms with E-state index >= 15 is 0 Å². The zero-order chi connectivity index (χ0) is 14.3. The van der Waals surface area contributed by atoms with Gasteiger partial charge in [0.15, 0.2) is 0 Å². The van der Waals surface area contributed by atoms with E-state index < -0.39 is 10.0 Å². The lowest BCUT2D eigenvalue weighted by Crippen LogP contribution is -2.45. The first-order chi connectivity index (χ1) is 8.94. The summed E-state index contributed by atoms with van der Waals surface area (Å²) in [5, 5.41) is 6.00. The molecule has 1 amide bonds. The second-order valence-electron chi connectivity index (χ2n) is 4.66. The van der Waals surface area contributed by atoms with E-state index in [4.69, 9.17) is 4.74 Å². The molecule has 0 aromatic carbocycles. The van der Waals surface area contributed by atoms with Gasteiger partial charge in [0.1, 0.15) is 0 Å². The van der Waals surface area contributed by atoms with Crippen molar-refractivity contribution in [2.24, 2.45) is 5.92 Å². The van der Waals surface area contributed by atoms with Gasteiger partial charge in [-0.3, -0.25) is 4.79 Å². The lowest BCUT2D eigenvalue weighted by Gasteiger charge is -2.18. The fourth-order valence-electron chi connectivity index (χ4n) is 1.90. The number of ether oxygens (including phenoxy) is 1. The summed E-state index contributed by atoms with van der Waals surface area (Å²) in [5.74, 6) is -0.300. The normalized spacial score (nSPS) is 23.5. The summed E-state index contributed by atoms with van der Waals surface area (Å²) in [6.07, 6.45) is 2.09. The molecule has 0 aliphatic carbocycles. The maximum Gasteiger partial charge on any atom is 0.227 e. The summed E-state index contributed by atoms with van der Waals surface area (Å²) in [6.45, 7) is 4.35. The molecular weight excluding hydrogens is 270 g/mol. The molecule has 3 N–H and O–H groups in total. The second kappa shape index (κ2) is 7.78. The highest BCUT2D eigenvalue weighted by Gasteiger charge is 2.33. The van der Waals surface area contributed by atoms with Crippen LogP contribution in [0.25, 0.3) is 0 Å². The number of hydrogen-bond acceptors (Lipinski definition) is 5. The highest BCUT2D eigenvalue weighted by Crippen LogP contribution is 2.13. The maximum atomic E-state index is 11.9. The van der Waals surface area contributed by atoms with Gasteiger partial charge < -0.3 is 15.4 Å². The minimum absolute atomic E-state index is 0.0443. The Labute approximate surface area is 114 Å². The van der Waals surface area contributed by atoms with Crippen molar-refractivity contribution in [3.05, 3.63) is 0 Å². The molecular formula is C11H23N3O4S. The van der Waals surface area contributed by atoms with E-state index in [1.165, 1.54) is 0 Å². The van der Waals surface area contributed by atoms with Crippen molar-refractivity contribution >= 4 is 15.9 Å². The highest BCUT2D eigenvalue weighted by molar-refractivity contribution is 7.88. The zero-order valence-electron chi connectivity index (χ0n) is 11.4. The third kappa shape index (κ3) is 6.33. The molecule has 2 atom stereocenters. The van der Waals surface area contributed by atoms with Gasteiger partial charge in [-0.25, -0.2) is 13.1 Å². The van der Waals surface area contributed by atoms with E-state index in [1.807, 2.05) is 0 Å². The van der Waals surface area contributed by atoms with E-state index in [0.29, 0.717) is 13.2 Å². The highest BCUT2D eigenvalue weighted by atomic mass is 32.2. The van der Waals surface area contributed by atoms with E-state index in [2.05, 4.69) is 22.3 Å². The standard InChI is InChI=1S/C11H23N3O4S/c1-3-4-12-10-8-18-7-9(10)11(15)13-5-6-14-19(2,16)17/h9-10,12,14H,3-8H2,1-2H3,(H,13,15). The molecule has 7 nitrogen and oxygen atoms in total. The number of carbonyl (C=O) groups excluding carboxylic acids is 1. The van der Waals surface area contributed by atoms with E-state index in [-0.39, 0.29) is 31.0 Å². The molecule has 1 aliphatic rings. The van der Waals surface area contributed by atoms with Crippen LogP contribution in [-0.4, -0.2) is 59.5 Å². The van der Waals surface area contributed by atoms with Gasteiger partial charge in [0, 0.05) is 19.1 Å². The number of carbonyl (C=O) groups is 1. The summed E-state index contributed by atoms with van der Waals surface area (Å²) in [5.41, 5.74) is 0.